The Hall–Kier alpha value is -3.44. The highest BCUT2D eigenvalue weighted by atomic mass is 32.1. The molecule has 3 aliphatic rings. The number of aldehydes is 1. The smallest absolute Gasteiger partial charge is 0.483 e. The highest BCUT2D eigenvalue weighted by Gasteiger charge is 2.32. The number of carbonyl (C=O) groups is 3. The minimum Gasteiger partial charge on any atom is -0.483 e. The van der Waals surface area contributed by atoms with Gasteiger partial charge in [-0.3, -0.25) is 14.5 Å². The van der Waals surface area contributed by atoms with E-state index in [4.69, 9.17) is 9.90 Å². The van der Waals surface area contributed by atoms with Crippen LogP contribution in [0.4, 0.5) is 18.2 Å². The van der Waals surface area contributed by atoms with Crippen molar-refractivity contribution in [3.63, 3.8) is 0 Å². The number of ether oxygens (including phenoxy) is 1. The fourth-order valence-electron chi connectivity index (χ4n) is 5.02. The SMILES string of the molecule is CC.CCc1cc(C(=O)C2=C/C=C(/OC(F)(F)F)CC/C=C\2)c(NC)s1.O=CCN1CCCC1C1C=CC=CCC1.O=CO. The van der Waals surface area contributed by atoms with Gasteiger partial charge in [-0.2, -0.15) is 0 Å². The van der Waals surface area contributed by atoms with Crippen LogP contribution in [0.5, 0.6) is 0 Å². The van der Waals surface area contributed by atoms with Crippen molar-refractivity contribution in [1.82, 2.24) is 4.90 Å². The van der Waals surface area contributed by atoms with E-state index in [0.717, 1.165) is 29.1 Å². The lowest BCUT2D eigenvalue weighted by Crippen LogP contribution is -2.36. The van der Waals surface area contributed by atoms with E-state index in [1.54, 1.807) is 19.2 Å². The topological polar surface area (TPSA) is 95.9 Å². The first-order valence-corrected chi connectivity index (χ1v) is 15.8. The molecule has 1 aliphatic heterocycles. The van der Waals surface area contributed by atoms with Crippen LogP contribution in [0.2, 0.25) is 0 Å². The summed E-state index contributed by atoms with van der Waals surface area (Å²) in [6, 6.07) is 2.43. The van der Waals surface area contributed by atoms with Crippen LogP contribution in [0.3, 0.4) is 0 Å². The lowest BCUT2D eigenvalue weighted by molar-refractivity contribution is -0.306. The second kappa shape index (κ2) is 21.3. The fraction of sp³-hybridized carbons (Fsp3) is 0.485. The van der Waals surface area contributed by atoms with Crippen molar-refractivity contribution < 1.29 is 37.4 Å². The molecule has 0 spiro atoms. The monoisotopic (exact) mass is 638 g/mol. The van der Waals surface area contributed by atoms with Crippen LogP contribution >= 0.6 is 11.3 Å². The molecule has 11 heteroatoms. The highest BCUT2D eigenvalue weighted by molar-refractivity contribution is 7.16. The van der Waals surface area contributed by atoms with Gasteiger partial charge >= 0.3 is 6.36 Å². The minimum atomic E-state index is -4.73. The number of likely N-dealkylation sites (tertiary alicyclic amines) is 1. The predicted octanol–water partition coefficient (Wildman–Crippen LogP) is 8.13. The Morgan fingerprint density at radius 3 is 2.52 bits per heavy atom. The number of thiophene rings is 1. The molecular formula is C33H45F3N2O5S. The maximum Gasteiger partial charge on any atom is 0.572 e. The summed E-state index contributed by atoms with van der Waals surface area (Å²) in [5.41, 5.74) is 0.859. The van der Waals surface area contributed by atoms with Crippen molar-refractivity contribution in [3.8, 4) is 0 Å². The van der Waals surface area contributed by atoms with E-state index < -0.39 is 6.36 Å². The van der Waals surface area contributed by atoms with E-state index in [-0.39, 0.29) is 24.4 Å². The Morgan fingerprint density at radius 1 is 1.16 bits per heavy atom. The van der Waals surface area contributed by atoms with Crippen LogP contribution in [0, 0.1) is 5.92 Å². The third kappa shape index (κ3) is 13.5. The molecule has 1 aromatic rings. The number of Topliss-reactive ketones (excluding diaryl/α,β-unsaturated/α-hetero) is 1. The van der Waals surface area contributed by atoms with Gasteiger partial charge in [0.25, 0.3) is 6.47 Å². The van der Waals surface area contributed by atoms with Crippen LogP contribution in [0.25, 0.3) is 0 Å². The fourth-order valence-corrected chi connectivity index (χ4v) is 5.96. The molecular weight excluding hydrogens is 593 g/mol. The highest BCUT2D eigenvalue weighted by Crippen LogP contribution is 2.32. The Morgan fingerprint density at radius 2 is 1.89 bits per heavy atom. The zero-order chi connectivity index (χ0) is 33.0. The van der Waals surface area contributed by atoms with Crippen LogP contribution in [-0.2, 0) is 20.7 Å². The summed E-state index contributed by atoms with van der Waals surface area (Å²) in [5.74, 6) is 0.212. The molecule has 2 aliphatic carbocycles. The quantitative estimate of drug-likeness (QED) is 0.219. The molecule has 0 amide bonds. The van der Waals surface area contributed by atoms with Crippen molar-refractivity contribution >= 4 is 34.9 Å². The van der Waals surface area contributed by atoms with Gasteiger partial charge in [-0.25, -0.2) is 0 Å². The molecule has 0 radical (unpaired) electrons. The van der Waals surface area contributed by atoms with Gasteiger partial charge in [0.2, 0.25) is 0 Å². The largest absolute Gasteiger partial charge is 0.572 e. The Balaban J connectivity index is 0.000000412. The van der Waals surface area contributed by atoms with Crippen LogP contribution < -0.4 is 5.32 Å². The van der Waals surface area contributed by atoms with Gasteiger partial charge < -0.3 is 20.0 Å². The number of aryl methyl sites for hydroxylation is 1. The van der Waals surface area contributed by atoms with E-state index in [1.165, 1.54) is 49.2 Å². The minimum absolute atomic E-state index is 0.133. The number of hydrogen-bond acceptors (Lipinski definition) is 7. The number of alkyl halides is 3. The van der Waals surface area contributed by atoms with Crippen molar-refractivity contribution in [1.29, 1.82) is 0 Å². The maximum atomic E-state index is 12.7. The number of halogens is 3. The van der Waals surface area contributed by atoms with Gasteiger partial charge in [0.05, 0.1) is 17.1 Å². The molecule has 44 heavy (non-hydrogen) atoms. The number of rotatable bonds is 8. The summed E-state index contributed by atoms with van der Waals surface area (Å²) in [6.45, 7) is 7.46. The van der Waals surface area contributed by atoms with Crippen LogP contribution in [0.1, 0.15) is 74.5 Å². The molecule has 7 nitrogen and oxygen atoms in total. The molecule has 0 bridgehead atoms. The normalized spacial score (nSPS) is 22.6. The Labute approximate surface area is 262 Å². The number of nitrogens with zero attached hydrogens (tertiary/aromatic N) is 1. The standard InChI is InChI=1S/C17H18F3NO2S.C13H19NO.C2H6.CH2O2/c1-3-13-10-14(16(21-2)24-13)15(22)11-6-4-5-7-12(9-8-11)23-17(18,19)20;15-11-10-14-9-5-8-13(14)12-6-3-1-2-4-7-12;1-2;2-1-3/h4,6,8-10,21H,3,5,7H2,1-2H3;1-3,6,11-13H,4-5,7-10H2;1-2H3;1H,(H,2,3)/b6-4-,11-8+,12-9+;;;. The molecule has 244 valence electrons. The average Bonchev–Trinajstić information content (AvgIpc) is 3.54. The van der Waals surface area contributed by atoms with Gasteiger partial charge in [0.15, 0.2) is 5.78 Å². The average molecular weight is 639 g/mol. The number of ketones is 1. The third-order valence-corrected chi connectivity index (χ3v) is 8.20. The number of carboxylic acid groups (broad SMARTS) is 1. The third-order valence-electron chi connectivity index (χ3n) is 6.91. The molecule has 1 fully saturated rings. The molecule has 2 heterocycles. The second-order valence-electron chi connectivity index (χ2n) is 9.66. The molecule has 1 aromatic heterocycles. The lowest BCUT2D eigenvalue weighted by atomic mass is 9.93. The molecule has 4 rings (SSSR count). The summed E-state index contributed by atoms with van der Waals surface area (Å²) >= 11 is 1.50. The van der Waals surface area contributed by atoms with Gasteiger partial charge in [0.1, 0.15) is 12.0 Å². The summed E-state index contributed by atoms with van der Waals surface area (Å²) in [4.78, 5) is 35.1. The van der Waals surface area contributed by atoms with E-state index in [0.29, 0.717) is 36.1 Å². The van der Waals surface area contributed by atoms with Crippen molar-refractivity contribution in [2.24, 2.45) is 5.92 Å². The van der Waals surface area contributed by atoms with E-state index >= 15 is 0 Å². The number of hydrogen-bond donors (Lipinski definition) is 2. The number of carbonyl (C=O) groups excluding carboxylic acids is 2. The second-order valence-corrected chi connectivity index (χ2v) is 10.8. The molecule has 1 saturated heterocycles. The van der Waals surface area contributed by atoms with Gasteiger partial charge in [-0.05, 0) is 69.2 Å². The van der Waals surface area contributed by atoms with E-state index in [2.05, 4.69) is 39.3 Å². The molecule has 2 unspecified atom stereocenters. The van der Waals surface area contributed by atoms with Crippen LogP contribution in [-0.4, -0.2) is 61.1 Å². The molecule has 2 N–H and O–H groups in total. The summed E-state index contributed by atoms with van der Waals surface area (Å²) in [6.07, 6.45) is 17.3. The first kappa shape index (κ1) is 38.6. The first-order valence-electron chi connectivity index (χ1n) is 14.9. The summed E-state index contributed by atoms with van der Waals surface area (Å²) < 4.78 is 41.1. The van der Waals surface area contributed by atoms with E-state index in [9.17, 15) is 22.8 Å². The number of allylic oxidation sites excluding steroid dienone is 9. The molecule has 0 saturated carbocycles. The Kier molecular flexibility index (Phi) is 18.7. The molecule has 2 atom stereocenters. The van der Waals surface area contributed by atoms with Crippen molar-refractivity contribution in [3.05, 3.63) is 76.4 Å². The van der Waals surface area contributed by atoms with Gasteiger partial charge in [-0.1, -0.05) is 57.2 Å². The Bertz CT molecular complexity index is 1180. The van der Waals surface area contributed by atoms with Gasteiger partial charge in [0, 0.05) is 30.0 Å². The number of anilines is 1. The maximum absolute atomic E-state index is 12.7. The van der Waals surface area contributed by atoms with Gasteiger partial charge in [-0.15, -0.1) is 24.5 Å². The first-order chi connectivity index (χ1) is 21.2. The zero-order valence-electron chi connectivity index (χ0n) is 25.9. The lowest BCUT2D eigenvalue weighted by Gasteiger charge is -2.28. The summed E-state index contributed by atoms with van der Waals surface area (Å²) in [7, 11) is 1.74. The van der Waals surface area contributed by atoms with Crippen LogP contribution in [0.15, 0.2) is 66.0 Å². The zero-order valence-corrected chi connectivity index (χ0v) is 26.8. The van der Waals surface area contributed by atoms with E-state index in [1.807, 2.05) is 26.8 Å². The summed E-state index contributed by atoms with van der Waals surface area (Å²) in [5, 5.41) is 10.6. The predicted molar refractivity (Wildman–Crippen MR) is 171 cm³/mol. The van der Waals surface area contributed by atoms with Crippen molar-refractivity contribution in [2.45, 2.75) is 78.1 Å². The number of nitrogens with one attached hydrogen (secondary N) is 1. The van der Waals surface area contributed by atoms with Crippen molar-refractivity contribution in [2.75, 3.05) is 25.5 Å². The molecule has 0 aromatic carbocycles.